The number of hydrogen-bond donors (Lipinski definition) is 3. The van der Waals surface area contributed by atoms with Crippen molar-refractivity contribution in [3.05, 3.63) is 112 Å². The molecular formula is C48H50FN9O5S. The number of piperidine rings is 1. The van der Waals surface area contributed by atoms with E-state index < -0.39 is 29.7 Å². The fourth-order valence-electron chi connectivity index (χ4n) is 10.2. The average molecular weight is 884 g/mol. The Morgan fingerprint density at radius 2 is 1.66 bits per heavy atom. The van der Waals surface area contributed by atoms with Crippen LogP contribution in [0.5, 0.6) is 0 Å². The van der Waals surface area contributed by atoms with Gasteiger partial charge in [0.15, 0.2) is 11.2 Å². The third kappa shape index (κ3) is 8.38. The molecule has 4 aliphatic heterocycles. The molecule has 2 aromatic heterocycles. The normalized spacial score (nSPS) is 21.4. The van der Waals surface area contributed by atoms with Gasteiger partial charge in [-0.15, -0.1) is 11.3 Å². The molecule has 2 atom stereocenters. The molecule has 10 rings (SSSR count). The Balaban J connectivity index is 0.722. The molecule has 330 valence electrons. The largest absolute Gasteiger partial charge is 0.374 e. The van der Waals surface area contributed by atoms with E-state index in [0.717, 1.165) is 67.7 Å². The molecule has 0 bridgehead atoms. The number of benzene rings is 3. The summed E-state index contributed by atoms with van der Waals surface area (Å²) >= 11 is 1.28. The number of imidazole rings is 1. The zero-order valence-corrected chi connectivity index (χ0v) is 36.2. The molecule has 3 aromatic carbocycles. The van der Waals surface area contributed by atoms with E-state index >= 15 is 4.39 Å². The van der Waals surface area contributed by atoms with Gasteiger partial charge in [-0.05, 0) is 110 Å². The van der Waals surface area contributed by atoms with E-state index in [1.54, 1.807) is 24.0 Å². The highest BCUT2D eigenvalue weighted by molar-refractivity contribution is 7.13. The second kappa shape index (κ2) is 17.6. The Kier molecular flexibility index (Phi) is 11.5. The number of aromatic nitrogens is 3. The van der Waals surface area contributed by atoms with E-state index in [1.165, 1.54) is 27.9 Å². The van der Waals surface area contributed by atoms with Gasteiger partial charge in [0.25, 0.3) is 11.8 Å². The van der Waals surface area contributed by atoms with Crippen LogP contribution >= 0.6 is 11.3 Å². The van der Waals surface area contributed by atoms with Crippen molar-refractivity contribution < 1.29 is 28.4 Å². The first kappa shape index (κ1) is 41.6. The summed E-state index contributed by atoms with van der Waals surface area (Å²) in [5.41, 5.74) is 6.42. The molecule has 1 aliphatic carbocycles. The number of nitrogens with zero attached hydrogens (tertiary/aromatic N) is 6. The number of imide groups is 1. The molecule has 0 spiro atoms. The number of piperazine rings is 1. The maximum atomic E-state index is 15.9. The maximum absolute atomic E-state index is 15.9. The molecule has 2 unspecified atom stereocenters. The van der Waals surface area contributed by atoms with Gasteiger partial charge in [-0.25, -0.2) is 14.4 Å². The third-order valence-corrected chi connectivity index (χ3v) is 14.4. The number of rotatable bonds is 11. The summed E-state index contributed by atoms with van der Waals surface area (Å²) in [7, 11) is 0. The van der Waals surface area contributed by atoms with Crippen LogP contribution in [-0.2, 0) is 38.7 Å². The van der Waals surface area contributed by atoms with Gasteiger partial charge in [-0.1, -0.05) is 24.3 Å². The second-order valence-electron chi connectivity index (χ2n) is 17.6. The summed E-state index contributed by atoms with van der Waals surface area (Å²) in [6, 6.07) is 17.9. The van der Waals surface area contributed by atoms with Gasteiger partial charge in [0.2, 0.25) is 17.7 Å². The highest BCUT2D eigenvalue weighted by Gasteiger charge is 2.42. The Bertz CT molecular complexity index is 2580. The molecule has 6 heterocycles. The molecule has 0 radical (unpaired) electrons. The molecule has 5 amide bonds. The van der Waals surface area contributed by atoms with E-state index in [9.17, 15) is 24.0 Å². The number of nitrogens with one attached hydrogen (secondary N) is 3. The standard InChI is InChI=1S/C48H50FN9O5S/c49-38-26-33(25-36-37(38)27-58(47(36)63)44(46(62)54-48-50-17-23-64-48)43-40-2-1-18-57(40)28-51-43)32-9-13-35(14-10-32)55-19-21-56(22-20-55)42(60)24-29-3-5-30(6-4-29)31-7-11-34(12-8-31)52-39-15-16-41(59)53-45(39)61/h7-14,17,23,25-26,28-30,39,44,52H,1-6,15-16,18-22,24,27H2,(H,50,54,62)(H,53,59,61). The zero-order chi connectivity index (χ0) is 43.9. The number of thiazole rings is 1. The minimum Gasteiger partial charge on any atom is -0.374 e. The van der Waals surface area contributed by atoms with Crippen LogP contribution in [0.2, 0.25) is 0 Å². The Morgan fingerprint density at radius 1 is 0.875 bits per heavy atom. The van der Waals surface area contributed by atoms with Crippen molar-refractivity contribution in [1.82, 2.24) is 29.7 Å². The first-order chi connectivity index (χ1) is 31.1. The minimum absolute atomic E-state index is 0.0531. The molecule has 5 aromatic rings. The first-order valence-corrected chi connectivity index (χ1v) is 23.2. The van der Waals surface area contributed by atoms with Crippen molar-refractivity contribution in [1.29, 1.82) is 0 Å². The van der Waals surface area contributed by atoms with E-state index in [4.69, 9.17) is 0 Å². The number of carbonyl (C=O) groups excluding carboxylic acids is 5. The van der Waals surface area contributed by atoms with Gasteiger partial charge in [0, 0.05) is 85.3 Å². The first-order valence-electron chi connectivity index (χ1n) is 22.4. The quantitative estimate of drug-likeness (QED) is 0.123. The molecule has 3 fully saturated rings. The summed E-state index contributed by atoms with van der Waals surface area (Å²) in [4.78, 5) is 79.5. The van der Waals surface area contributed by atoms with Crippen molar-refractivity contribution in [3.8, 4) is 11.1 Å². The van der Waals surface area contributed by atoms with Gasteiger partial charge >= 0.3 is 0 Å². The van der Waals surface area contributed by atoms with E-state index in [0.29, 0.717) is 73.7 Å². The summed E-state index contributed by atoms with van der Waals surface area (Å²) in [6.07, 6.45) is 10.5. The van der Waals surface area contributed by atoms with Crippen molar-refractivity contribution in [3.63, 3.8) is 0 Å². The molecule has 2 saturated heterocycles. The molecule has 3 N–H and O–H groups in total. The number of hydrogen-bond acceptors (Lipinski definition) is 10. The van der Waals surface area contributed by atoms with Gasteiger partial charge < -0.3 is 24.6 Å². The van der Waals surface area contributed by atoms with Crippen molar-refractivity contribution in [2.45, 2.75) is 88.9 Å². The number of amides is 5. The van der Waals surface area contributed by atoms with Crippen LogP contribution in [-0.4, -0.2) is 86.1 Å². The number of anilines is 3. The van der Waals surface area contributed by atoms with Gasteiger partial charge in [-0.2, -0.15) is 0 Å². The molecule has 64 heavy (non-hydrogen) atoms. The fourth-order valence-corrected chi connectivity index (χ4v) is 10.7. The smallest absolute Gasteiger partial charge is 0.255 e. The van der Waals surface area contributed by atoms with Crippen LogP contribution in [0.25, 0.3) is 11.1 Å². The summed E-state index contributed by atoms with van der Waals surface area (Å²) < 4.78 is 18.0. The van der Waals surface area contributed by atoms with Crippen molar-refractivity contribution >= 4 is 57.4 Å². The molecular weight excluding hydrogens is 834 g/mol. The lowest BCUT2D eigenvalue weighted by molar-refractivity contribution is -0.134. The maximum Gasteiger partial charge on any atom is 0.255 e. The van der Waals surface area contributed by atoms with Crippen LogP contribution in [0.1, 0.15) is 96.2 Å². The number of aryl methyl sites for hydroxylation is 1. The van der Waals surface area contributed by atoms with E-state index in [2.05, 4.69) is 43.0 Å². The monoisotopic (exact) mass is 883 g/mol. The van der Waals surface area contributed by atoms with Crippen LogP contribution in [0.3, 0.4) is 0 Å². The average Bonchev–Trinajstić information content (AvgIpc) is 4.14. The molecule has 1 saturated carbocycles. The van der Waals surface area contributed by atoms with Crippen molar-refractivity contribution in [2.24, 2.45) is 5.92 Å². The van der Waals surface area contributed by atoms with Crippen molar-refractivity contribution in [2.75, 3.05) is 41.7 Å². The highest BCUT2D eigenvalue weighted by atomic mass is 32.1. The number of halogens is 1. The Morgan fingerprint density at radius 3 is 2.39 bits per heavy atom. The van der Waals surface area contributed by atoms with Gasteiger partial charge in [0.1, 0.15) is 11.9 Å². The van der Waals surface area contributed by atoms with Gasteiger partial charge in [0.05, 0.1) is 18.6 Å². The van der Waals surface area contributed by atoms with Gasteiger partial charge in [-0.3, -0.25) is 34.6 Å². The second-order valence-corrected chi connectivity index (χ2v) is 18.5. The molecule has 14 nitrogen and oxygen atoms in total. The van der Waals surface area contributed by atoms with Crippen LogP contribution in [0.15, 0.2) is 78.6 Å². The third-order valence-electron chi connectivity index (χ3n) is 13.8. The summed E-state index contributed by atoms with van der Waals surface area (Å²) in [5.74, 6) is -0.820. The molecule has 16 heteroatoms. The number of carbonyl (C=O) groups is 5. The lowest BCUT2D eigenvalue weighted by atomic mass is 9.77. The van der Waals surface area contributed by atoms with Crippen LogP contribution in [0.4, 0.5) is 20.9 Å². The zero-order valence-electron chi connectivity index (χ0n) is 35.4. The SMILES string of the molecule is O=C1CCC(Nc2ccc(C3CCC(CC(=O)N4CCN(c5ccc(-c6cc(F)c7c(c6)C(=O)N(C(C(=O)Nc6nccs6)c6ncn8c6CCC8)C7)cc5)CC4)CC3)cc2)C(=O)N1. The minimum atomic E-state index is -1.05. The lowest BCUT2D eigenvalue weighted by Gasteiger charge is -2.37. The predicted octanol–water partition coefficient (Wildman–Crippen LogP) is 6.66. The van der Waals surface area contributed by atoms with E-state index in [-0.39, 0.29) is 35.4 Å². The Labute approximate surface area is 374 Å². The lowest BCUT2D eigenvalue weighted by Crippen LogP contribution is -2.49. The van der Waals surface area contributed by atoms with E-state index in [1.807, 2.05) is 45.9 Å². The Hall–Kier alpha value is -6.42. The topological polar surface area (TPSA) is 162 Å². The highest BCUT2D eigenvalue weighted by Crippen LogP contribution is 2.40. The predicted molar refractivity (Wildman–Crippen MR) is 240 cm³/mol. The summed E-state index contributed by atoms with van der Waals surface area (Å²) in [5, 5.41) is 10.7. The molecule has 5 aliphatic rings. The fraction of sp³-hybridized carbons (Fsp3) is 0.396. The van der Waals surface area contributed by atoms with Crippen LogP contribution < -0.4 is 20.9 Å². The number of fused-ring (bicyclic) bond motifs is 2. The summed E-state index contributed by atoms with van der Waals surface area (Å²) in [6.45, 7) is 3.45. The van der Waals surface area contributed by atoms with Crippen LogP contribution in [0, 0.1) is 11.7 Å².